The average molecular weight is 237 g/mol. The summed E-state index contributed by atoms with van der Waals surface area (Å²) in [6, 6.07) is 6.73. The normalized spacial score (nSPS) is 10.4. The van der Waals surface area contributed by atoms with Crippen LogP contribution in [0.5, 0.6) is 0 Å². The molecule has 0 aliphatic heterocycles. The molecule has 5 heteroatoms. The highest BCUT2D eigenvalue weighted by Crippen LogP contribution is 2.23. The van der Waals surface area contributed by atoms with Crippen LogP contribution in [0.15, 0.2) is 24.3 Å². The number of benzene rings is 1. The number of aromatic nitrogens is 1. The fourth-order valence-electron chi connectivity index (χ4n) is 1.40. The van der Waals surface area contributed by atoms with Crippen molar-refractivity contribution in [2.45, 2.75) is 0 Å². The first kappa shape index (κ1) is 10.7. The standard InChI is InChI=1S/C11H9ClN2O2/c1-16-11(15)7-3-2-6-4-8(12)10(13)14-9(6)5-7/h2-5H,1H3,(H2,13,14). The van der Waals surface area contributed by atoms with E-state index in [4.69, 9.17) is 17.3 Å². The monoisotopic (exact) mass is 236 g/mol. The molecule has 2 N–H and O–H groups in total. The van der Waals surface area contributed by atoms with Crippen LogP contribution >= 0.6 is 11.6 Å². The molecule has 0 aliphatic rings. The van der Waals surface area contributed by atoms with Gasteiger partial charge in [0.05, 0.1) is 23.2 Å². The van der Waals surface area contributed by atoms with Crippen molar-refractivity contribution in [2.24, 2.45) is 0 Å². The molecule has 0 amide bonds. The van der Waals surface area contributed by atoms with Gasteiger partial charge in [0.25, 0.3) is 0 Å². The van der Waals surface area contributed by atoms with Crippen molar-refractivity contribution in [1.82, 2.24) is 4.98 Å². The lowest BCUT2D eigenvalue weighted by molar-refractivity contribution is 0.0601. The average Bonchev–Trinajstić information content (AvgIpc) is 2.29. The zero-order valence-corrected chi connectivity index (χ0v) is 9.28. The summed E-state index contributed by atoms with van der Waals surface area (Å²) in [4.78, 5) is 15.4. The Morgan fingerprint density at radius 1 is 1.44 bits per heavy atom. The Hall–Kier alpha value is -1.81. The van der Waals surface area contributed by atoms with Gasteiger partial charge >= 0.3 is 5.97 Å². The Morgan fingerprint density at radius 3 is 2.88 bits per heavy atom. The predicted molar refractivity (Wildman–Crippen MR) is 62.5 cm³/mol. The van der Waals surface area contributed by atoms with Crippen LogP contribution in [0.2, 0.25) is 5.02 Å². The van der Waals surface area contributed by atoms with E-state index < -0.39 is 5.97 Å². The molecular formula is C11H9ClN2O2. The first-order valence-electron chi connectivity index (χ1n) is 4.56. The van der Waals surface area contributed by atoms with Crippen molar-refractivity contribution in [2.75, 3.05) is 12.8 Å². The van der Waals surface area contributed by atoms with Gasteiger partial charge in [-0.1, -0.05) is 17.7 Å². The third-order valence-corrected chi connectivity index (χ3v) is 2.52. The highest BCUT2D eigenvalue weighted by atomic mass is 35.5. The molecule has 0 saturated heterocycles. The Bertz CT molecular complexity index is 569. The number of fused-ring (bicyclic) bond motifs is 1. The number of nitrogens with two attached hydrogens (primary N) is 1. The van der Waals surface area contributed by atoms with E-state index >= 15 is 0 Å². The third kappa shape index (κ3) is 1.79. The van der Waals surface area contributed by atoms with Crippen molar-refractivity contribution in [3.63, 3.8) is 0 Å². The predicted octanol–water partition coefficient (Wildman–Crippen LogP) is 2.26. The molecule has 0 unspecified atom stereocenters. The van der Waals surface area contributed by atoms with E-state index in [1.807, 2.05) is 0 Å². The van der Waals surface area contributed by atoms with E-state index in [2.05, 4.69) is 9.72 Å². The molecule has 2 rings (SSSR count). The number of nitrogen functional groups attached to an aromatic ring is 1. The number of halogens is 1. The number of ether oxygens (including phenoxy) is 1. The molecule has 4 nitrogen and oxygen atoms in total. The van der Waals surface area contributed by atoms with Crippen LogP contribution in [0.4, 0.5) is 5.82 Å². The second kappa shape index (κ2) is 3.98. The topological polar surface area (TPSA) is 65.2 Å². The quantitative estimate of drug-likeness (QED) is 0.772. The van der Waals surface area contributed by atoms with Gasteiger partial charge < -0.3 is 10.5 Å². The minimum atomic E-state index is -0.405. The summed E-state index contributed by atoms with van der Waals surface area (Å²) in [5.41, 5.74) is 6.64. The van der Waals surface area contributed by atoms with Gasteiger partial charge in [0, 0.05) is 5.39 Å². The van der Waals surface area contributed by atoms with Gasteiger partial charge in [0.15, 0.2) is 0 Å². The Labute approximate surface area is 97.0 Å². The Balaban J connectivity index is 2.62. The van der Waals surface area contributed by atoms with Gasteiger partial charge in [-0.05, 0) is 18.2 Å². The van der Waals surface area contributed by atoms with Crippen LogP contribution in [0, 0.1) is 0 Å². The minimum absolute atomic E-state index is 0.246. The van der Waals surface area contributed by atoms with Gasteiger partial charge in [-0.15, -0.1) is 0 Å². The number of hydrogen-bond acceptors (Lipinski definition) is 4. The zero-order valence-electron chi connectivity index (χ0n) is 8.53. The highest BCUT2D eigenvalue weighted by molar-refractivity contribution is 6.33. The van der Waals surface area contributed by atoms with Gasteiger partial charge in [-0.3, -0.25) is 0 Å². The molecule has 1 aromatic heterocycles. The number of esters is 1. The Kier molecular flexibility index (Phi) is 2.66. The van der Waals surface area contributed by atoms with Crippen LogP contribution in [-0.2, 0) is 4.74 Å². The number of nitrogens with zero attached hydrogens (tertiary/aromatic N) is 1. The van der Waals surface area contributed by atoms with E-state index in [1.165, 1.54) is 7.11 Å². The number of carbonyl (C=O) groups is 1. The van der Waals surface area contributed by atoms with Gasteiger partial charge in [-0.2, -0.15) is 0 Å². The highest BCUT2D eigenvalue weighted by Gasteiger charge is 2.08. The van der Waals surface area contributed by atoms with Crippen molar-refractivity contribution in [1.29, 1.82) is 0 Å². The second-order valence-corrected chi connectivity index (χ2v) is 3.66. The molecule has 1 heterocycles. The lowest BCUT2D eigenvalue weighted by Gasteiger charge is -2.03. The summed E-state index contributed by atoms with van der Waals surface area (Å²) in [6.07, 6.45) is 0. The molecular weight excluding hydrogens is 228 g/mol. The molecule has 82 valence electrons. The first-order valence-corrected chi connectivity index (χ1v) is 4.93. The summed E-state index contributed by atoms with van der Waals surface area (Å²) in [6.45, 7) is 0. The number of pyridine rings is 1. The van der Waals surface area contributed by atoms with Crippen molar-refractivity contribution < 1.29 is 9.53 Å². The molecule has 0 aliphatic carbocycles. The van der Waals surface area contributed by atoms with Crippen LogP contribution in [0.1, 0.15) is 10.4 Å². The van der Waals surface area contributed by atoms with Gasteiger partial charge in [0.2, 0.25) is 0 Å². The van der Waals surface area contributed by atoms with E-state index in [0.29, 0.717) is 16.1 Å². The Morgan fingerprint density at radius 2 is 2.19 bits per heavy atom. The fraction of sp³-hybridized carbons (Fsp3) is 0.0909. The first-order chi connectivity index (χ1) is 7.61. The van der Waals surface area contributed by atoms with Crippen molar-refractivity contribution in [3.05, 3.63) is 34.9 Å². The lowest BCUT2D eigenvalue weighted by atomic mass is 10.1. The van der Waals surface area contributed by atoms with Crippen molar-refractivity contribution in [3.8, 4) is 0 Å². The van der Waals surface area contributed by atoms with Crippen LogP contribution < -0.4 is 5.73 Å². The minimum Gasteiger partial charge on any atom is -0.465 e. The lowest BCUT2D eigenvalue weighted by Crippen LogP contribution is -2.01. The number of methoxy groups -OCH3 is 1. The molecule has 2 aromatic rings. The van der Waals surface area contributed by atoms with Crippen LogP contribution in [0.3, 0.4) is 0 Å². The maximum atomic E-state index is 11.3. The number of anilines is 1. The molecule has 0 atom stereocenters. The third-order valence-electron chi connectivity index (χ3n) is 2.22. The van der Waals surface area contributed by atoms with Crippen molar-refractivity contribution >= 4 is 34.3 Å². The van der Waals surface area contributed by atoms with E-state index in [0.717, 1.165) is 5.39 Å². The smallest absolute Gasteiger partial charge is 0.337 e. The summed E-state index contributed by atoms with van der Waals surface area (Å²) in [5, 5.41) is 1.23. The second-order valence-electron chi connectivity index (χ2n) is 3.25. The van der Waals surface area contributed by atoms with E-state index in [-0.39, 0.29) is 5.82 Å². The molecule has 0 saturated carbocycles. The van der Waals surface area contributed by atoms with Gasteiger partial charge in [-0.25, -0.2) is 9.78 Å². The zero-order chi connectivity index (χ0) is 11.7. The fourth-order valence-corrected chi connectivity index (χ4v) is 1.56. The number of hydrogen-bond donors (Lipinski definition) is 1. The molecule has 16 heavy (non-hydrogen) atoms. The van der Waals surface area contributed by atoms with E-state index in [1.54, 1.807) is 24.3 Å². The summed E-state index contributed by atoms with van der Waals surface area (Å²) in [5.74, 6) is -0.159. The maximum Gasteiger partial charge on any atom is 0.337 e. The summed E-state index contributed by atoms with van der Waals surface area (Å²) >= 11 is 5.84. The van der Waals surface area contributed by atoms with Crippen LogP contribution in [0.25, 0.3) is 10.9 Å². The number of rotatable bonds is 1. The van der Waals surface area contributed by atoms with Gasteiger partial charge in [0.1, 0.15) is 5.82 Å². The maximum absolute atomic E-state index is 11.3. The molecule has 0 bridgehead atoms. The number of carbonyl (C=O) groups excluding carboxylic acids is 1. The molecule has 0 spiro atoms. The molecule has 0 radical (unpaired) electrons. The molecule has 0 fully saturated rings. The largest absolute Gasteiger partial charge is 0.465 e. The van der Waals surface area contributed by atoms with E-state index in [9.17, 15) is 4.79 Å². The van der Waals surface area contributed by atoms with Crippen LogP contribution in [-0.4, -0.2) is 18.1 Å². The summed E-state index contributed by atoms with van der Waals surface area (Å²) < 4.78 is 4.62. The summed E-state index contributed by atoms with van der Waals surface area (Å²) in [7, 11) is 1.33. The molecule has 1 aromatic carbocycles. The SMILES string of the molecule is COC(=O)c1ccc2cc(Cl)c(N)nc2c1.